The summed E-state index contributed by atoms with van der Waals surface area (Å²) < 4.78 is 67.4. The average Bonchev–Trinajstić information content (AvgIpc) is 3.90. The fourth-order valence-corrected chi connectivity index (χ4v) is 9.63. The first-order chi connectivity index (χ1) is 29.3. The summed E-state index contributed by atoms with van der Waals surface area (Å²) >= 11 is 0. The molecule has 324 valence electrons. The molecule has 0 spiro atoms. The Morgan fingerprint density at radius 3 is 1.92 bits per heavy atom. The van der Waals surface area contributed by atoms with E-state index in [2.05, 4.69) is 46.2 Å². The number of nitrogens with one attached hydrogen (secondary N) is 4. The van der Waals surface area contributed by atoms with Crippen molar-refractivity contribution in [3.63, 3.8) is 0 Å². The summed E-state index contributed by atoms with van der Waals surface area (Å²) in [4.78, 5) is 19.9. The number of hydrogen-bond acceptors (Lipinski definition) is 11. The van der Waals surface area contributed by atoms with Gasteiger partial charge in [-0.25, -0.2) is 36.2 Å². The smallest absolute Gasteiger partial charge is 0.213 e. The molecule has 2 saturated heterocycles. The molecule has 0 amide bonds. The molecule has 17 heteroatoms. The number of pyridine rings is 2. The SMILES string of the molecule is CN1CCC(O)(COc2ccnc3[nH]cc(-c4ccc(CNS(=O)(=O)CCN5CCC[C@@H](COc6ccnc7[nH]cc(-c8ccc(CNS(C)(=O)=O)cc8)c67)C5)cc4)c23)CC1. The van der Waals surface area contributed by atoms with E-state index in [9.17, 15) is 21.9 Å². The first-order valence-electron chi connectivity index (χ1n) is 20.7. The number of likely N-dealkylation sites (tertiary alicyclic amines) is 2. The Morgan fingerprint density at radius 2 is 1.34 bits per heavy atom. The number of nitrogens with zero attached hydrogens (tertiary/aromatic N) is 4. The minimum absolute atomic E-state index is 0.00357. The van der Waals surface area contributed by atoms with Gasteiger partial charge in [-0.1, -0.05) is 48.5 Å². The molecule has 6 heterocycles. The third-order valence-corrected chi connectivity index (χ3v) is 13.8. The fraction of sp³-hybridized carbons (Fsp3) is 0.409. The van der Waals surface area contributed by atoms with Crippen LogP contribution in [0, 0.1) is 5.92 Å². The molecule has 0 bridgehead atoms. The molecule has 2 aliphatic heterocycles. The second kappa shape index (κ2) is 18.2. The van der Waals surface area contributed by atoms with Crippen LogP contribution in [0.25, 0.3) is 44.3 Å². The number of aromatic nitrogens is 4. The van der Waals surface area contributed by atoms with Crippen LogP contribution in [0.2, 0.25) is 0 Å². The quantitative estimate of drug-likeness (QED) is 0.0840. The van der Waals surface area contributed by atoms with Gasteiger partial charge in [-0.15, -0.1) is 0 Å². The largest absolute Gasteiger partial charge is 0.492 e. The van der Waals surface area contributed by atoms with E-state index >= 15 is 0 Å². The Balaban J connectivity index is 0.827. The number of sulfonamides is 2. The molecule has 2 aliphatic rings. The van der Waals surface area contributed by atoms with Crippen LogP contribution in [-0.2, 0) is 33.1 Å². The van der Waals surface area contributed by atoms with Gasteiger partial charge in [0.1, 0.15) is 35.0 Å². The Bertz CT molecular complexity index is 2660. The zero-order chi connectivity index (χ0) is 42.6. The van der Waals surface area contributed by atoms with Crippen molar-refractivity contribution in [1.82, 2.24) is 39.2 Å². The van der Waals surface area contributed by atoms with Crippen molar-refractivity contribution in [2.45, 2.75) is 44.4 Å². The highest BCUT2D eigenvalue weighted by atomic mass is 32.2. The van der Waals surface area contributed by atoms with Crippen molar-refractivity contribution in [1.29, 1.82) is 0 Å². The number of ether oxygens (including phenoxy) is 2. The van der Waals surface area contributed by atoms with Crippen LogP contribution >= 0.6 is 0 Å². The normalized spacial score (nSPS) is 17.9. The third-order valence-electron chi connectivity index (χ3n) is 11.8. The molecule has 5 N–H and O–H groups in total. The van der Waals surface area contributed by atoms with Crippen molar-refractivity contribution in [3.8, 4) is 33.8 Å². The van der Waals surface area contributed by atoms with E-state index in [-0.39, 0.29) is 31.4 Å². The molecular formula is C44H54N8O7S2. The van der Waals surface area contributed by atoms with E-state index < -0.39 is 25.6 Å². The lowest BCUT2D eigenvalue weighted by atomic mass is 9.92. The third kappa shape index (κ3) is 10.8. The van der Waals surface area contributed by atoms with Crippen LogP contribution in [0.1, 0.15) is 36.8 Å². The second-order valence-corrected chi connectivity index (χ2v) is 20.3. The van der Waals surface area contributed by atoms with Gasteiger partial charge in [0.25, 0.3) is 0 Å². The highest BCUT2D eigenvalue weighted by Gasteiger charge is 2.32. The highest BCUT2D eigenvalue weighted by molar-refractivity contribution is 7.89. The van der Waals surface area contributed by atoms with E-state index in [4.69, 9.17) is 9.47 Å². The summed E-state index contributed by atoms with van der Waals surface area (Å²) in [6.07, 6.45) is 11.6. The van der Waals surface area contributed by atoms with Gasteiger partial charge in [0.2, 0.25) is 20.0 Å². The number of aromatic amines is 2. The van der Waals surface area contributed by atoms with Crippen LogP contribution in [0.4, 0.5) is 0 Å². The van der Waals surface area contributed by atoms with Crippen LogP contribution in [0.15, 0.2) is 85.5 Å². The first-order valence-corrected chi connectivity index (χ1v) is 24.3. The van der Waals surface area contributed by atoms with E-state index in [0.29, 0.717) is 43.0 Å². The van der Waals surface area contributed by atoms with E-state index in [1.807, 2.05) is 73.1 Å². The maximum atomic E-state index is 13.2. The predicted molar refractivity (Wildman–Crippen MR) is 237 cm³/mol. The molecule has 15 nitrogen and oxygen atoms in total. The summed E-state index contributed by atoms with van der Waals surface area (Å²) in [5.74, 6) is 1.60. The number of aliphatic hydroxyl groups is 1. The van der Waals surface area contributed by atoms with Crippen LogP contribution in [-0.4, -0.2) is 122 Å². The maximum absolute atomic E-state index is 13.2. The lowest BCUT2D eigenvalue weighted by molar-refractivity contribution is -0.0479. The molecule has 1 atom stereocenters. The number of hydrogen-bond donors (Lipinski definition) is 5. The first kappa shape index (κ1) is 42.8. The van der Waals surface area contributed by atoms with Crippen molar-refractivity contribution < 1.29 is 31.4 Å². The molecular weight excluding hydrogens is 817 g/mol. The van der Waals surface area contributed by atoms with Crippen molar-refractivity contribution >= 4 is 42.1 Å². The van der Waals surface area contributed by atoms with Crippen molar-refractivity contribution in [2.75, 3.05) is 65.0 Å². The van der Waals surface area contributed by atoms with Gasteiger partial charge in [0, 0.05) is 81.1 Å². The van der Waals surface area contributed by atoms with Gasteiger partial charge in [0.05, 0.1) is 29.4 Å². The zero-order valence-corrected chi connectivity index (χ0v) is 36.2. The molecule has 8 rings (SSSR count). The average molecular weight is 871 g/mol. The predicted octanol–water partition coefficient (Wildman–Crippen LogP) is 4.87. The molecule has 4 aromatic heterocycles. The van der Waals surface area contributed by atoms with Crippen molar-refractivity contribution in [2.24, 2.45) is 5.92 Å². The number of fused-ring (bicyclic) bond motifs is 2. The Kier molecular flexibility index (Phi) is 12.8. The number of rotatable bonds is 17. The molecule has 2 fully saturated rings. The zero-order valence-electron chi connectivity index (χ0n) is 34.6. The number of H-pyrrole nitrogens is 2. The Hall–Kier alpha value is -4.88. The van der Waals surface area contributed by atoms with Crippen LogP contribution in [0.3, 0.4) is 0 Å². The van der Waals surface area contributed by atoms with Gasteiger partial charge < -0.3 is 34.3 Å². The Morgan fingerprint density at radius 1 is 0.787 bits per heavy atom. The molecule has 61 heavy (non-hydrogen) atoms. The summed E-state index contributed by atoms with van der Waals surface area (Å²) in [5, 5.41) is 12.8. The maximum Gasteiger partial charge on any atom is 0.213 e. The van der Waals surface area contributed by atoms with Gasteiger partial charge in [-0.05, 0) is 73.7 Å². The molecule has 2 aromatic carbocycles. The van der Waals surface area contributed by atoms with Crippen molar-refractivity contribution in [3.05, 3.63) is 96.6 Å². The molecule has 0 unspecified atom stereocenters. The van der Waals surface area contributed by atoms with E-state index in [1.54, 1.807) is 12.4 Å². The van der Waals surface area contributed by atoms with Gasteiger partial charge in [-0.2, -0.15) is 0 Å². The summed E-state index contributed by atoms with van der Waals surface area (Å²) in [7, 11) is -4.78. The minimum atomic E-state index is -3.54. The van der Waals surface area contributed by atoms with E-state index in [0.717, 1.165) is 95.2 Å². The van der Waals surface area contributed by atoms with Crippen LogP contribution < -0.4 is 18.9 Å². The Labute approximate surface area is 357 Å². The number of piperidine rings is 2. The molecule has 0 radical (unpaired) electrons. The second-order valence-electron chi connectivity index (χ2n) is 16.5. The molecule has 0 saturated carbocycles. The van der Waals surface area contributed by atoms with Gasteiger partial charge >= 0.3 is 0 Å². The standard InChI is InChI=1S/C44H54N8O7S2/c1-51-20-15-44(53,16-21-51)30-59-39-14-18-46-43-41(39)37(27-48-43)35-11-7-32(8-12-35)25-50-61(56,57)23-22-52-19-3-4-33(28-52)29-58-38-13-17-45-42-40(38)36(26-47-42)34-9-5-31(6-10-34)24-49-60(2,54)55/h5-14,17-18,26-27,33,49-50,53H,3-4,15-16,19-25,28-30H2,1-2H3,(H,45,47)(H,46,48)/t33-/m1/s1. The minimum Gasteiger partial charge on any atom is -0.492 e. The summed E-state index contributed by atoms with van der Waals surface area (Å²) in [5.41, 5.74) is 5.96. The van der Waals surface area contributed by atoms with Gasteiger partial charge in [-0.3, -0.25) is 0 Å². The lowest BCUT2D eigenvalue weighted by Crippen LogP contribution is -2.46. The topological polar surface area (TPSA) is 195 Å². The van der Waals surface area contributed by atoms with Crippen LogP contribution in [0.5, 0.6) is 11.5 Å². The molecule has 0 aliphatic carbocycles. The summed E-state index contributed by atoms with van der Waals surface area (Å²) in [6.45, 7) is 4.74. The number of benzene rings is 2. The summed E-state index contributed by atoms with van der Waals surface area (Å²) in [6, 6.07) is 19.2. The molecule has 6 aromatic rings. The monoisotopic (exact) mass is 870 g/mol. The highest BCUT2D eigenvalue weighted by Crippen LogP contribution is 2.37. The van der Waals surface area contributed by atoms with E-state index in [1.165, 1.54) is 0 Å². The fourth-order valence-electron chi connectivity index (χ4n) is 8.17. The van der Waals surface area contributed by atoms with Gasteiger partial charge in [0.15, 0.2) is 0 Å². The lowest BCUT2D eigenvalue weighted by Gasteiger charge is -2.36.